The maximum Gasteiger partial charge on any atom is 0.214 e. The lowest BCUT2D eigenvalue weighted by Crippen LogP contribution is -1.94. The number of aliphatic hydroxyl groups is 1. The lowest BCUT2D eigenvalue weighted by Gasteiger charge is -2.01. The molecule has 0 aliphatic heterocycles. The summed E-state index contributed by atoms with van der Waals surface area (Å²) in [4.78, 5) is 18.8. The van der Waals surface area contributed by atoms with Crippen LogP contribution < -0.4 is 4.91 Å². The Morgan fingerprint density at radius 1 is 0.955 bits per heavy atom. The number of hydrogen-bond donors (Lipinski definition) is 2. The highest BCUT2D eigenvalue weighted by Crippen LogP contribution is 2.12. The molecule has 8 nitrogen and oxygen atoms in total. The molecule has 0 saturated heterocycles. The van der Waals surface area contributed by atoms with Gasteiger partial charge in [0.25, 0.3) is 0 Å². The Labute approximate surface area is 128 Å². The molecule has 22 heavy (non-hydrogen) atoms. The van der Waals surface area contributed by atoms with Crippen LogP contribution >= 0.6 is 0 Å². The van der Waals surface area contributed by atoms with Gasteiger partial charge in [-0.05, 0) is 27.7 Å². The highest BCUT2D eigenvalue weighted by Gasteiger charge is 2.08. The first-order valence-corrected chi connectivity index (χ1v) is 6.75. The zero-order chi connectivity index (χ0) is 16.5. The van der Waals surface area contributed by atoms with Crippen LogP contribution in [0, 0.1) is 19.4 Å². The molecular weight excluding hydrogens is 282 g/mol. The van der Waals surface area contributed by atoms with Gasteiger partial charge in [-0.1, -0.05) is 0 Å². The quantitative estimate of drug-likeness (QED) is 0.665. The number of nitrogens with one attached hydrogen (secondary N) is 1. The van der Waals surface area contributed by atoms with E-state index in [2.05, 4.69) is 30.0 Å². The SMILES string of the molecule is Cc1ncc(C(C)N=[N+]=N)cn1.Cc1ncc(C(C)O)cn1. The molecule has 2 atom stereocenters. The van der Waals surface area contributed by atoms with Gasteiger partial charge in [-0.25, -0.2) is 19.9 Å². The van der Waals surface area contributed by atoms with Crippen LogP contribution in [0.2, 0.25) is 0 Å². The average Bonchev–Trinajstić information content (AvgIpc) is 2.49. The predicted octanol–water partition coefficient (Wildman–Crippen LogP) is 2.23. The third kappa shape index (κ3) is 5.82. The maximum atomic E-state index is 9.03. The van der Waals surface area contributed by atoms with Crippen LogP contribution in [0.25, 0.3) is 0 Å². The average molecular weight is 302 g/mol. The van der Waals surface area contributed by atoms with E-state index in [1.807, 2.05) is 20.8 Å². The smallest absolute Gasteiger partial charge is 0.214 e. The zero-order valence-electron chi connectivity index (χ0n) is 13.1. The van der Waals surface area contributed by atoms with Gasteiger partial charge < -0.3 is 5.11 Å². The largest absolute Gasteiger partial charge is 0.389 e. The van der Waals surface area contributed by atoms with Crippen LogP contribution in [0.3, 0.4) is 0 Å². The molecule has 0 bridgehead atoms. The van der Waals surface area contributed by atoms with Crippen LogP contribution in [0.1, 0.15) is 48.8 Å². The van der Waals surface area contributed by atoms with Gasteiger partial charge in [0, 0.05) is 35.9 Å². The van der Waals surface area contributed by atoms with E-state index in [9.17, 15) is 0 Å². The van der Waals surface area contributed by atoms with E-state index in [0.717, 1.165) is 22.8 Å². The molecule has 2 N–H and O–H groups in total. The van der Waals surface area contributed by atoms with Crippen molar-refractivity contribution in [2.75, 3.05) is 0 Å². The van der Waals surface area contributed by atoms with Gasteiger partial charge in [-0.2, -0.15) is 0 Å². The summed E-state index contributed by atoms with van der Waals surface area (Å²) in [7, 11) is 0. The van der Waals surface area contributed by atoms with E-state index in [1.54, 1.807) is 31.7 Å². The van der Waals surface area contributed by atoms with Crippen LogP contribution in [0.15, 0.2) is 29.9 Å². The van der Waals surface area contributed by atoms with Crippen molar-refractivity contribution in [2.45, 2.75) is 39.8 Å². The van der Waals surface area contributed by atoms with E-state index in [1.165, 1.54) is 0 Å². The predicted molar refractivity (Wildman–Crippen MR) is 79.9 cm³/mol. The maximum absolute atomic E-state index is 9.03. The van der Waals surface area contributed by atoms with E-state index in [0.29, 0.717) is 0 Å². The van der Waals surface area contributed by atoms with Crippen molar-refractivity contribution < 1.29 is 5.11 Å². The number of aliphatic hydroxyl groups excluding tert-OH is 1. The van der Waals surface area contributed by atoms with Gasteiger partial charge in [0.15, 0.2) is 6.04 Å². The molecule has 8 heteroatoms. The zero-order valence-corrected chi connectivity index (χ0v) is 13.1. The summed E-state index contributed by atoms with van der Waals surface area (Å²) in [5.74, 6) is 1.46. The molecule has 0 radical (unpaired) electrons. The summed E-state index contributed by atoms with van der Waals surface area (Å²) < 4.78 is 0. The molecule has 2 unspecified atom stereocenters. The topological polar surface area (TPSA) is 122 Å². The fourth-order valence-corrected chi connectivity index (χ4v) is 1.39. The fourth-order valence-electron chi connectivity index (χ4n) is 1.39. The Kier molecular flexibility index (Phi) is 6.88. The van der Waals surface area contributed by atoms with Gasteiger partial charge in [0.1, 0.15) is 22.3 Å². The monoisotopic (exact) mass is 302 g/mol. The van der Waals surface area contributed by atoms with Crippen molar-refractivity contribution in [3.05, 3.63) is 47.6 Å². The number of aromatic nitrogens is 4. The van der Waals surface area contributed by atoms with Crippen molar-refractivity contribution >= 4 is 0 Å². The molecule has 0 aliphatic rings. The second kappa shape index (κ2) is 8.66. The summed E-state index contributed by atoms with van der Waals surface area (Å²) in [6, 6.07) is -0.136. The van der Waals surface area contributed by atoms with E-state index in [-0.39, 0.29) is 6.04 Å². The van der Waals surface area contributed by atoms with Crippen molar-refractivity contribution in [1.29, 1.82) is 5.53 Å². The fraction of sp³-hybridized carbons (Fsp3) is 0.429. The van der Waals surface area contributed by atoms with Gasteiger partial charge in [0.2, 0.25) is 4.91 Å². The van der Waals surface area contributed by atoms with Crippen LogP contribution in [-0.2, 0) is 0 Å². The summed E-state index contributed by atoms with van der Waals surface area (Å²) in [5, 5.41) is 12.7. The van der Waals surface area contributed by atoms with Crippen molar-refractivity contribution in [3.63, 3.8) is 0 Å². The molecule has 116 valence electrons. The van der Waals surface area contributed by atoms with Gasteiger partial charge in [-0.3, -0.25) is 0 Å². The Hall–Kier alpha value is -2.57. The summed E-state index contributed by atoms with van der Waals surface area (Å²) in [5.41, 5.74) is 8.17. The Balaban J connectivity index is 0.000000224. The lowest BCUT2D eigenvalue weighted by atomic mass is 10.2. The molecule has 2 aromatic rings. The normalized spacial score (nSPS) is 12.4. The van der Waals surface area contributed by atoms with E-state index < -0.39 is 6.10 Å². The Bertz CT molecular complexity index is 619. The first-order chi connectivity index (χ1) is 10.4. The molecule has 0 spiro atoms. The summed E-state index contributed by atoms with van der Waals surface area (Å²) in [6.45, 7) is 7.16. The third-order valence-corrected chi connectivity index (χ3v) is 2.80. The molecule has 2 heterocycles. The Morgan fingerprint density at radius 2 is 1.36 bits per heavy atom. The van der Waals surface area contributed by atoms with Crippen molar-refractivity contribution in [3.8, 4) is 0 Å². The molecule has 2 rings (SSSR count). The highest BCUT2D eigenvalue weighted by atomic mass is 16.3. The number of aryl methyl sites for hydroxylation is 2. The van der Waals surface area contributed by atoms with Crippen LogP contribution in [0.5, 0.6) is 0 Å². The first-order valence-electron chi connectivity index (χ1n) is 6.75. The van der Waals surface area contributed by atoms with Gasteiger partial charge >= 0.3 is 0 Å². The number of nitrogens with zero attached hydrogens (tertiary/aromatic N) is 6. The van der Waals surface area contributed by atoms with Crippen LogP contribution in [0.4, 0.5) is 0 Å². The van der Waals surface area contributed by atoms with Gasteiger partial charge in [-0.15, -0.1) is 0 Å². The van der Waals surface area contributed by atoms with E-state index in [4.69, 9.17) is 10.6 Å². The standard InChI is InChI=1S/C7H10N5.C7H10N2O/c1-5(11-12-8)7-3-9-6(2)10-4-7;1-5(10)7-3-8-6(2)9-4-7/h3-5,8H,1-2H3;3-5,10H,1-2H3/q+1;. The summed E-state index contributed by atoms with van der Waals surface area (Å²) >= 11 is 0. The highest BCUT2D eigenvalue weighted by molar-refractivity contribution is 5.09. The number of hydrogen-bond acceptors (Lipinski definition) is 7. The second-order valence-corrected chi connectivity index (χ2v) is 4.69. The second-order valence-electron chi connectivity index (χ2n) is 4.69. The third-order valence-electron chi connectivity index (χ3n) is 2.80. The lowest BCUT2D eigenvalue weighted by molar-refractivity contribution is 0.198. The molecule has 0 aromatic carbocycles. The minimum absolute atomic E-state index is 0.136. The number of rotatable bonds is 3. The molecule has 0 aliphatic carbocycles. The minimum Gasteiger partial charge on any atom is -0.389 e. The van der Waals surface area contributed by atoms with Crippen molar-refractivity contribution in [1.82, 2.24) is 24.8 Å². The molecule has 0 amide bonds. The van der Waals surface area contributed by atoms with E-state index >= 15 is 0 Å². The van der Waals surface area contributed by atoms with Gasteiger partial charge in [0.05, 0.1) is 6.10 Å². The Morgan fingerprint density at radius 3 is 1.73 bits per heavy atom. The minimum atomic E-state index is -0.472. The molecular formula is C14H20N7O+. The summed E-state index contributed by atoms with van der Waals surface area (Å²) in [6.07, 6.45) is 6.18. The molecule has 0 saturated carbocycles. The first kappa shape index (κ1) is 17.5. The van der Waals surface area contributed by atoms with Crippen LogP contribution in [-0.4, -0.2) is 25.0 Å². The molecule has 2 aromatic heterocycles. The molecule has 0 fully saturated rings. The van der Waals surface area contributed by atoms with Crippen molar-refractivity contribution in [2.24, 2.45) is 5.11 Å².